The third kappa shape index (κ3) is 3.44. The number of likely N-dealkylation sites (N-methyl/N-ethyl adjacent to an activating group) is 2. The summed E-state index contributed by atoms with van der Waals surface area (Å²) in [4.78, 5) is 2.25. The maximum atomic E-state index is 10.6. The second kappa shape index (κ2) is 4.81. The van der Waals surface area contributed by atoms with Crippen LogP contribution < -0.4 is 0 Å². The summed E-state index contributed by atoms with van der Waals surface area (Å²) in [6, 6.07) is 0. The zero-order valence-corrected chi connectivity index (χ0v) is 10.8. The summed E-state index contributed by atoms with van der Waals surface area (Å²) >= 11 is 0. The summed E-state index contributed by atoms with van der Waals surface area (Å²) < 4.78 is 0.977. The van der Waals surface area contributed by atoms with Crippen LogP contribution in [-0.4, -0.2) is 66.9 Å². The highest BCUT2D eigenvalue weighted by Gasteiger charge is 2.38. The fourth-order valence-electron chi connectivity index (χ4n) is 2.63. The molecule has 0 amide bonds. The second-order valence-corrected chi connectivity index (χ2v) is 5.48. The highest BCUT2D eigenvalue weighted by molar-refractivity contribution is 4.85. The minimum Gasteiger partial charge on any atom is -0.383 e. The van der Waals surface area contributed by atoms with Crippen molar-refractivity contribution in [3.05, 3.63) is 0 Å². The van der Waals surface area contributed by atoms with E-state index in [2.05, 4.69) is 32.8 Å². The molecule has 3 heteroatoms. The van der Waals surface area contributed by atoms with Crippen LogP contribution in [0.1, 0.15) is 26.7 Å². The quantitative estimate of drug-likeness (QED) is 0.705. The molecule has 1 aliphatic heterocycles. The van der Waals surface area contributed by atoms with Crippen molar-refractivity contribution in [2.45, 2.75) is 32.3 Å². The van der Waals surface area contributed by atoms with E-state index in [0.717, 1.165) is 50.0 Å². The van der Waals surface area contributed by atoms with E-state index in [1.165, 1.54) is 0 Å². The molecule has 3 nitrogen and oxygen atoms in total. The number of hydrogen-bond acceptors (Lipinski definition) is 2. The molecule has 1 atom stereocenters. The van der Waals surface area contributed by atoms with Gasteiger partial charge >= 0.3 is 0 Å². The standard InChI is InChI=1S/C12H27N2O/c1-5-14(4,6-2)11-12(15)8-7-9-13(3)10-12/h15H,5-11H2,1-4H3/q+1. The van der Waals surface area contributed by atoms with Gasteiger partial charge in [-0.15, -0.1) is 0 Å². The molecular weight excluding hydrogens is 188 g/mol. The highest BCUT2D eigenvalue weighted by Crippen LogP contribution is 2.23. The first-order chi connectivity index (χ1) is 6.93. The first kappa shape index (κ1) is 12.9. The van der Waals surface area contributed by atoms with Crippen molar-refractivity contribution < 1.29 is 9.59 Å². The van der Waals surface area contributed by atoms with E-state index in [4.69, 9.17) is 0 Å². The third-order valence-corrected chi connectivity index (χ3v) is 3.95. The topological polar surface area (TPSA) is 23.5 Å². The lowest BCUT2D eigenvalue weighted by Crippen LogP contribution is -2.59. The van der Waals surface area contributed by atoms with Crippen molar-refractivity contribution >= 4 is 0 Å². The smallest absolute Gasteiger partial charge is 0.126 e. The predicted octanol–water partition coefficient (Wildman–Crippen LogP) is 0.929. The van der Waals surface area contributed by atoms with Crippen LogP contribution in [-0.2, 0) is 0 Å². The van der Waals surface area contributed by atoms with E-state index in [1.54, 1.807) is 0 Å². The number of aliphatic hydroxyl groups is 1. The fourth-order valence-corrected chi connectivity index (χ4v) is 2.63. The van der Waals surface area contributed by atoms with Crippen LogP contribution in [0.25, 0.3) is 0 Å². The van der Waals surface area contributed by atoms with Gasteiger partial charge in [-0.25, -0.2) is 0 Å². The van der Waals surface area contributed by atoms with Crippen molar-refractivity contribution in [1.29, 1.82) is 0 Å². The van der Waals surface area contributed by atoms with Crippen molar-refractivity contribution in [3.63, 3.8) is 0 Å². The Kier molecular flexibility index (Phi) is 4.15. The van der Waals surface area contributed by atoms with Crippen molar-refractivity contribution in [3.8, 4) is 0 Å². The summed E-state index contributed by atoms with van der Waals surface area (Å²) in [7, 11) is 4.35. The highest BCUT2D eigenvalue weighted by atomic mass is 16.3. The number of nitrogens with zero attached hydrogens (tertiary/aromatic N) is 2. The van der Waals surface area contributed by atoms with Gasteiger partial charge in [0.1, 0.15) is 12.1 Å². The van der Waals surface area contributed by atoms with E-state index in [-0.39, 0.29) is 0 Å². The van der Waals surface area contributed by atoms with Gasteiger partial charge in [-0.1, -0.05) is 0 Å². The maximum absolute atomic E-state index is 10.6. The van der Waals surface area contributed by atoms with Crippen LogP contribution in [0.3, 0.4) is 0 Å². The Labute approximate surface area is 94.3 Å². The largest absolute Gasteiger partial charge is 0.383 e. The molecular formula is C12H27N2O+. The molecule has 0 aliphatic carbocycles. The molecule has 1 saturated heterocycles. The Bertz CT molecular complexity index is 204. The summed E-state index contributed by atoms with van der Waals surface area (Å²) in [5, 5.41) is 10.6. The van der Waals surface area contributed by atoms with Crippen LogP contribution >= 0.6 is 0 Å². The molecule has 1 heterocycles. The number of rotatable bonds is 4. The second-order valence-electron chi connectivity index (χ2n) is 5.48. The Morgan fingerprint density at radius 2 is 1.93 bits per heavy atom. The van der Waals surface area contributed by atoms with E-state index in [1.807, 2.05) is 0 Å². The normalized spacial score (nSPS) is 29.4. The first-order valence-electron chi connectivity index (χ1n) is 6.17. The minimum absolute atomic E-state index is 0.465. The van der Waals surface area contributed by atoms with Gasteiger partial charge in [0.15, 0.2) is 0 Å². The number of quaternary nitrogens is 1. The molecule has 1 rings (SSSR count). The van der Waals surface area contributed by atoms with Crippen LogP contribution in [0.15, 0.2) is 0 Å². The molecule has 1 aliphatic rings. The van der Waals surface area contributed by atoms with Crippen LogP contribution in [0.2, 0.25) is 0 Å². The van der Waals surface area contributed by atoms with E-state index >= 15 is 0 Å². The van der Waals surface area contributed by atoms with E-state index < -0.39 is 5.60 Å². The van der Waals surface area contributed by atoms with Crippen LogP contribution in [0.5, 0.6) is 0 Å². The molecule has 0 saturated carbocycles. The Morgan fingerprint density at radius 3 is 2.40 bits per heavy atom. The average Bonchev–Trinajstić information content (AvgIpc) is 2.16. The molecule has 0 aromatic heterocycles. The monoisotopic (exact) mass is 215 g/mol. The van der Waals surface area contributed by atoms with Crippen LogP contribution in [0.4, 0.5) is 0 Å². The molecule has 0 radical (unpaired) electrons. The molecule has 90 valence electrons. The average molecular weight is 215 g/mol. The summed E-state index contributed by atoms with van der Waals surface area (Å²) in [5.74, 6) is 0. The fraction of sp³-hybridized carbons (Fsp3) is 1.00. The molecule has 1 N–H and O–H groups in total. The van der Waals surface area contributed by atoms with Gasteiger partial charge in [-0.3, -0.25) is 0 Å². The molecule has 0 aromatic rings. The summed E-state index contributed by atoms with van der Waals surface area (Å²) in [6.45, 7) is 9.47. The van der Waals surface area contributed by atoms with Gasteiger partial charge < -0.3 is 14.5 Å². The first-order valence-corrected chi connectivity index (χ1v) is 6.17. The Hall–Kier alpha value is -0.120. The van der Waals surface area contributed by atoms with Crippen LogP contribution in [0, 0.1) is 0 Å². The SMILES string of the molecule is CC[N+](C)(CC)CC1(O)CCCN(C)C1. The molecule has 1 fully saturated rings. The summed E-state index contributed by atoms with van der Waals surface area (Å²) in [6.07, 6.45) is 2.09. The van der Waals surface area contributed by atoms with E-state index in [9.17, 15) is 5.11 Å². The van der Waals surface area contributed by atoms with Crippen molar-refractivity contribution in [1.82, 2.24) is 4.90 Å². The van der Waals surface area contributed by atoms with E-state index in [0.29, 0.717) is 0 Å². The predicted molar refractivity (Wildman–Crippen MR) is 63.8 cm³/mol. The van der Waals surface area contributed by atoms with Gasteiger partial charge in [-0.2, -0.15) is 0 Å². The summed E-state index contributed by atoms with van der Waals surface area (Å²) in [5.41, 5.74) is -0.465. The van der Waals surface area contributed by atoms with Gasteiger partial charge in [-0.05, 0) is 40.3 Å². The molecule has 15 heavy (non-hydrogen) atoms. The van der Waals surface area contributed by atoms with Crippen molar-refractivity contribution in [2.24, 2.45) is 0 Å². The molecule has 0 bridgehead atoms. The van der Waals surface area contributed by atoms with Gasteiger partial charge in [0, 0.05) is 6.54 Å². The van der Waals surface area contributed by atoms with Crippen molar-refractivity contribution in [2.75, 3.05) is 46.8 Å². The zero-order chi connectivity index (χ0) is 11.5. The third-order valence-electron chi connectivity index (χ3n) is 3.95. The molecule has 0 spiro atoms. The Morgan fingerprint density at radius 1 is 1.33 bits per heavy atom. The molecule has 0 aromatic carbocycles. The van der Waals surface area contributed by atoms with Gasteiger partial charge in [0.25, 0.3) is 0 Å². The number of likely N-dealkylation sites (tertiary alicyclic amines) is 1. The van der Waals surface area contributed by atoms with Gasteiger partial charge in [0.2, 0.25) is 0 Å². The van der Waals surface area contributed by atoms with Gasteiger partial charge in [0.05, 0.1) is 20.1 Å². The lowest BCUT2D eigenvalue weighted by atomic mass is 9.91. The zero-order valence-electron chi connectivity index (χ0n) is 10.8. The maximum Gasteiger partial charge on any atom is 0.126 e. The lowest BCUT2D eigenvalue weighted by Gasteiger charge is -2.43. The lowest BCUT2D eigenvalue weighted by molar-refractivity contribution is -0.912. The number of β-amino-alcohol motifs (C(OH)–C–C–N with tert-alkyl or cyclic N) is 1. The number of piperidine rings is 1. The Balaban J connectivity index is 2.61. The minimum atomic E-state index is -0.465. The number of hydrogen-bond donors (Lipinski definition) is 1. The molecule has 1 unspecified atom stereocenters.